The summed E-state index contributed by atoms with van der Waals surface area (Å²) in [6, 6.07) is 8.68. The van der Waals surface area contributed by atoms with Crippen molar-refractivity contribution in [3.05, 3.63) is 53.8 Å². The summed E-state index contributed by atoms with van der Waals surface area (Å²) in [5, 5.41) is 3.53. The largest absolute Gasteiger partial charge is 0.359 e. The molecule has 1 aliphatic heterocycles. The number of aryl methyl sites for hydroxylation is 1. The van der Waals surface area contributed by atoms with Crippen molar-refractivity contribution >= 4 is 5.69 Å². The fourth-order valence-corrected chi connectivity index (χ4v) is 3.64. The molecule has 1 N–H and O–H groups in total. The number of hydrogen-bond donors (Lipinski definition) is 1. The van der Waals surface area contributed by atoms with Crippen LogP contribution in [-0.4, -0.2) is 0 Å². The van der Waals surface area contributed by atoms with Gasteiger partial charge >= 0.3 is 0 Å². The zero-order valence-electron chi connectivity index (χ0n) is 15.7. The highest BCUT2D eigenvalue weighted by molar-refractivity contribution is 5.54. The minimum atomic E-state index is 0.735. The number of hydrogen-bond acceptors (Lipinski definition) is 1. The highest BCUT2D eigenvalue weighted by Crippen LogP contribution is 2.27. The lowest BCUT2D eigenvalue weighted by Crippen LogP contribution is -2.02. The molecule has 1 aromatic carbocycles. The minimum absolute atomic E-state index is 0.735. The third kappa shape index (κ3) is 6.19. The monoisotopic (exact) mass is 325 g/mol. The van der Waals surface area contributed by atoms with Crippen LogP contribution in [0.5, 0.6) is 0 Å². The summed E-state index contributed by atoms with van der Waals surface area (Å²) in [4.78, 5) is 0. The first kappa shape index (κ1) is 18.8. The summed E-state index contributed by atoms with van der Waals surface area (Å²) in [6.07, 6.45) is 15.1. The molecule has 1 atom stereocenters. The zero-order valence-corrected chi connectivity index (χ0v) is 15.7. The Balaban J connectivity index is 2.00. The van der Waals surface area contributed by atoms with Crippen LogP contribution in [0.15, 0.2) is 48.2 Å². The molecule has 1 unspecified atom stereocenters. The molecule has 1 aliphatic rings. The second-order valence-corrected chi connectivity index (χ2v) is 7.31. The average Bonchev–Trinajstić information content (AvgIpc) is 2.61. The molecule has 1 nitrogen and oxygen atoms in total. The number of anilines is 1. The van der Waals surface area contributed by atoms with Gasteiger partial charge in [-0.3, -0.25) is 0 Å². The lowest BCUT2D eigenvalue weighted by Gasteiger charge is -2.17. The molecular formula is C23H35N. The smallest absolute Gasteiger partial charge is 0.0414 e. The fourth-order valence-electron chi connectivity index (χ4n) is 3.64. The molecule has 1 heteroatoms. The van der Waals surface area contributed by atoms with Gasteiger partial charge in [-0.2, -0.15) is 0 Å². The number of rotatable bonds is 6. The van der Waals surface area contributed by atoms with Crippen molar-refractivity contribution in [3.8, 4) is 0 Å². The predicted octanol–water partition coefficient (Wildman–Crippen LogP) is 7.26. The Morgan fingerprint density at radius 3 is 2.75 bits per heavy atom. The molecule has 0 aromatic heterocycles. The number of para-hydroxylation sites is 1. The van der Waals surface area contributed by atoms with Gasteiger partial charge in [0.2, 0.25) is 0 Å². The third-order valence-electron chi connectivity index (χ3n) is 5.22. The Morgan fingerprint density at radius 2 is 1.92 bits per heavy atom. The first-order valence-electron chi connectivity index (χ1n) is 9.92. The van der Waals surface area contributed by atoms with Crippen LogP contribution in [0.3, 0.4) is 0 Å². The molecule has 132 valence electrons. The van der Waals surface area contributed by atoms with Crippen LogP contribution in [0.4, 0.5) is 5.69 Å². The van der Waals surface area contributed by atoms with Crippen LogP contribution in [0.1, 0.15) is 77.2 Å². The zero-order chi connectivity index (χ0) is 17.2. The summed E-state index contributed by atoms with van der Waals surface area (Å²) in [7, 11) is 0. The van der Waals surface area contributed by atoms with E-state index in [1.165, 1.54) is 56.2 Å². The molecule has 0 radical (unpaired) electrons. The number of unbranched alkanes of at least 4 members (excludes halogenated alkanes) is 3. The first-order valence-corrected chi connectivity index (χ1v) is 9.92. The summed E-state index contributed by atoms with van der Waals surface area (Å²) >= 11 is 0. The molecule has 0 amide bonds. The normalized spacial score (nSPS) is 19.4. The van der Waals surface area contributed by atoms with Gasteiger partial charge in [-0.25, -0.2) is 0 Å². The van der Waals surface area contributed by atoms with Crippen molar-refractivity contribution in [2.24, 2.45) is 5.92 Å². The van der Waals surface area contributed by atoms with E-state index >= 15 is 0 Å². The third-order valence-corrected chi connectivity index (χ3v) is 5.22. The Bertz CT molecular complexity index is 541. The van der Waals surface area contributed by atoms with Crippen LogP contribution in [0.25, 0.3) is 0 Å². The predicted molar refractivity (Wildman–Crippen MR) is 107 cm³/mol. The van der Waals surface area contributed by atoms with Gasteiger partial charge in [0, 0.05) is 11.4 Å². The van der Waals surface area contributed by atoms with Crippen molar-refractivity contribution in [2.45, 2.75) is 78.1 Å². The van der Waals surface area contributed by atoms with E-state index in [9.17, 15) is 0 Å². The lowest BCUT2D eigenvalue weighted by molar-refractivity contribution is 0.523. The van der Waals surface area contributed by atoms with Gasteiger partial charge in [-0.1, -0.05) is 76.0 Å². The second kappa shape index (κ2) is 10.4. The molecule has 0 saturated heterocycles. The van der Waals surface area contributed by atoms with Crippen molar-refractivity contribution in [2.75, 3.05) is 5.32 Å². The second-order valence-electron chi connectivity index (χ2n) is 7.31. The van der Waals surface area contributed by atoms with E-state index in [0.29, 0.717) is 0 Å². The van der Waals surface area contributed by atoms with Gasteiger partial charge in [0.1, 0.15) is 0 Å². The maximum atomic E-state index is 4.23. The summed E-state index contributed by atoms with van der Waals surface area (Å²) in [5.74, 6) is 0.735. The van der Waals surface area contributed by atoms with Gasteiger partial charge < -0.3 is 5.32 Å². The van der Waals surface area contributed by atoms with E-state index in [1.807, 2.05) is 0 Å². The van der Waals surface area contributed by atoms with E-state index in [-0.39, 0.29) is 0 Å². The quantitative estimate of drug-likeness (QED) is 0.428. The summed E-state index contributed by atoms with van der Waals surface area (Å²) in [6.45, 7) is 8.94. The van der Waals surface area contributed by atoms with Gasteiger partial charge in [-0.05, 0) is 56.1 Å². The van der Waals surface area contributed by atoms with Crippen LogP contribution in [0.2, 0.25) is 0 Å². The standard InChI is InChI=1S/C23H35N/c1-4-5-6-7-12-19(2)21-15-10-13-20(3)24-23-18-9-8-14-22(23)17-11-16-21/h8-9,14,16,18-19,24H,3-7,10-13,15,17H2,1-2H3/b21-16-. The molecule has 1 aromatic rings. The van der Waals surface area contributed by atoms with Gasteiger partial charge in [-0.15, -0.1) is 0 Å². The van der Waals surface area contributed by atoms with Crippen LogP contribution < -0.4 is 5.32 Å². The first-order chi connectivity index (χ1) is 11.7. The van der Waals surface area contributed by atoms with Crippen molar-refractivity contribution in [1.29, 1.82) is 0 Å². The van der Waals surface area contributed by atoms with Crippen LogP contribution in [-0.2, 0) is 6.42 Å². The molecular weight excluding hydrogens is 290 g/mol. The molecule has 24 heavy (non-hydrogen) atoms. The van der Waals surface area contributed by atoms with Gasteiger partial charge in [0.25, 0.3) is 0 Å². The molecule has 0 aliphatic carbocycles. The highest BCUT2D eigenvalue weighted by atomic mass is 14.9. The lowest BCUT2D eigenvalue weighted by atomic mass is 9.90. The van der Waals surface area contributed by atoms with E-state index in [2.05, 4.69) is 56.1 Å². The van der Waals surface area contributed by atoms with E-state index in [4.69, 9.17) is 0 Å². The Hall–Kier alpha value is -1.50. The fraction of sp³-hybridized carbons (Fsp3) is 0.565. The Morgan fingerprint density at radius 1 is 1.08 bits per heavy atom. The van der Waals surface area contributed by atoms with E-state index < -0.39 is 0 Å². The molecule has 0 bridgehead atoms. The number of nitrogens with one attached hydrogen (secondary N) is 1. The molecule has 0 fully saturated rings. The van der Waals surface area contributed by atoms with E-state index in [0.717, 1.165) is 30.9 Å². The van der Waals surface area contributed by atoms with Gasteiger partial charge in [0.15, 0.2) is 0 Å². The van der Waals surface area contributed by atoms with Gasteiger partial charge in [0.05, 0.1) is 0 Å². The molecule has 0 spiro atoms. The van der Waals surface area contributed by atoms with Crippen LogP contribution in [0, 0.1) is 5.92 Å². The summed E-state index contributed by atoms with van der Waals surface area (Å²) < 4.78 is 0. The number of fused-ring (bicyclic) bond motifs is 1. The van der Waals surface area contributed by atoms with Crippen molar-refractivity contribution < 1.29 is 0 Å². The molecule has 0 saturated carbocycles. The van der Waals surface area contributed by atoms with Crippen molar-refractivity contribution in [3.63, 3.8) is 0 Å². The topological polar surface area (TPSA) is 12.0 Å². The van der Waals surface area contributed by atoms with Crippen LogP contribution >= 0.6 is 0 Å². The summed E-state index contributed by atoms with van der Waals surface area (Å²) in [5.41, 5.74) is 5.48. The molecule has 1 heterocycles. The highest BCUT2D eigenvalue weighted by Gasteiger charge is 2.11. The maximum Gasteiger partial charge on any atom is 0.0414 e. The van der Waals surface area contributed by atoms with E-state index in [1.54, 1.807) is 5.57 Å². The SMILES string of the molecule is C=C1CCC/C(C(C)CCCCCC)=C/CCc2ccccc2N1. The maximum absolute atomic E-state index is 4.23. The molecule has 2 rings (SSSR count). The number of allylic oxidation sites excluding steroid dienone is 3. The minimum Gasteiger partial charge on any atom is -0.359 e. The van der Waals surface area contributed by atoms with Crippen molar-refractivity contribution in [1.82, 2.24) is 0 Å². The Labute approximate surface area is 149 Å². The average molecular weight is 326 g/mol. The number of benzene rings is 1. The Kier molecular flexibility index (Phi) is 8.15.